The van der Waals surface area contributed by atoms with Crippen LogP contribution in [0.15, 0.2) is 23.6 Å². The Bertz CT molecular complexity index is 549. The lowest BCUT2D eigenvalue weighted by Crippen LogP contribution is -1.99. The molecule has 2 aromatic rings. The first kappa shape index (κ1) is 13.9. The van der Waals surface area contributed by atoms with Gasteiger partial charge >= 0.3 is 0 Å². The summed E-state index contributed by atoms with van der Waals surface area (Å²) in [6.45, 7) is 7.07. The predicted octanol–water partition coefficient (Wildman–Crippen LogP) is 4.30. The van der Waals surface area contributed by atoms with Crippen LogP contribution in [0.25, 0.3) is 11.3 Å². The molecule has 19 heavy (non-hydrogen) atoms. The Labute approximate surface area is 118 Å². The van der Waals surface area contributed by atoms with Crippen LogP contribution in [0.5, 0.6) is 5.75 Å². The molecule has 102 valence electrons. The third-order valence-corrected chi connectivity index (χ3v) is 3.93. The number of nitrogen functional groups attached to an aromatic ring is 1. The smallest absolute Gasteiger partial charge is 0.142 e. The van der Waals surface area contributed by atoms with Gasteiger partial charge in [0, 0.05) is 16.9 Å². The zero-order valence-electron chi connectivity index (χ0n) is 11.6. The van der Waals surface area contributed by atoms with Crippen molar-refractivity contribution in [1.29, 1.82) is 0 Å². The van der Waals surface area contributed by atoms with Crippen LogP contribution in [0.3, 0.4) is 0 Å². The summed E-state index contributed by atoms with van der Waals surface area (Å²) >= 11 is 1.69. The summed E-state index contributed by atoms with van der Waals surface area (Å²) in [6.07, 6.45) is 0.977. The topological polar surface area (TPSA) is 48.1 Å². The standard InChI is InChI=1S/C15H20N2OS/c1-4-7-18-14-6-5-11(8-12(14)16)13-9-19-15(17-13)10(2)3/h5-6,8-10H,4,7,16H2,1-3H3. The first-order chi connectivity index (χ1) is 9.11. The number of aromatic nitrogens is 1. The van der Waals surface area contributed by atoms with Gasteiger partial charge in [-0.1, -0.05) is 20.8 Å². The van der Waals surface area contributed by atoms with Crippen LogP contribution in [0, 0.1) is 0 Å². The van der Waals surface area contributed by atoms with Crippen LogP contribution >= 0.6 is 11.3 Å². The minimum Gasteiger partial charge on any atom is -0.491 e. The molecule has 0 unspecified atom stereocenters. The number of rotatable bonds is 5. The molecule has 0 fully saturated rings. The van der Waals surface area contributed by atoms with Crippen molar-refractivity contribution >= 4 is 17.0 Å². The fraction of sp³-hybridized carbons (Fsp3) is 0.400. The highest BCUT2D eigenvalue weighted by Crippen LogP contribution is 2.31. The molecule has 0 aliphatic rings. The van der Waals surface area contributed by atoms with E-state index in [9.17, 15) is 0 Å². The summed E-state index contributed by atoms with van der Waals surface area (Å²) in [5.74, 6) is 1.22. The minimum absolute atomic E-state index is 0.461. The van der Waals surface area contributed by atoms with E-state index in [1.54, 1.807) is 11.3 Å². The molecule has 0 bridgehead atoms. The van der Waals surface area contributed by atoms with Gasteiger partial charge in [-0.3, -0.25) is 0 Å². The summed E-state index contributed by atoms with van der Waals surface area (Å²) in [7, 11) is 0. The second kappa shape index (κ2) is 6.06. The number of anilines is 1. The molecule has 2 rings (SSSR count). The Kier molecular flexibility index (Phi) is 4.43. The van der Waals surface area contributed by atoms with Gasteiger partial charge in [0.1, 0.15) is 5.75 Å². The number of hydrogen-bond donors (Lipinski definition) is 1. The zero-order chi connectivity index (χ0) is 13.8. The molecule has 3 nitrogen and oxygen atoms in total. The highest BCUT2D eigenvalue weighted by atomic mass is 32.1. The van der Waals surface area contributed by atoms with Crippen LogP contribution in [0.1, 0.15) is 38.1 Å². The monoisotopic (exact) mass is 276 g/mol. The van der Waals surface area contributed by atoms with Crippen molar-refractivity contribution in [3.8, 4) is 17.0 Å². The molecule has 1 heterocycles. The molecular formula is C15H20N2OS. The third kappa shape index (κ3) is 3.26. The van der Waals surface area contributed by atoms with Crippen molar-refractivity contribution in [2.24, 2.45) is 0 Å². The van der Waals surface area contributed by atoms with E-state index >= 15 is 0 Å². The van der Waals surface area contributed by atoms with Crippen molar-refractivity contribution in [3.63, 3.8) is 0 Å². The van der Waals surface area contributed by atoms with Crippen LogP contribution in [0.4, 0.5) is 5.69 Å². The quantitative estimate of drug-likeness (QED) is 0.828. The Morgan fingerprint density at radius 1 is 1.37 bits per heavy atom. The number of nitrogens with two attached hydrogens (primary N) is 1. The van der Waals surface area contributed by atoms with Gasteiger partial charge in [-0.25, -0.2) is 4.98 Å². The molecule has 4 heteroatoms. The lowest BCUT2D eigenvalue weighted by Gasteiger charge is -2.08. The SMILES string of the molecule is CCCOc1ccc(-c2csc(C(C)C)n2)cc1N. The number of thiazole rings is 1. The molecule has 1 aromatic carbocycles. The molecule has 0 aliphatic heterocycles. The number of ether oxygens (including phenoxy) is 1. The molecule has 0 saturated heterocycles. The molecule has 1 aromatic heterocycles. The maximum atomic E-state index is 6.02. The van der Waals surface area contributed by atoms with E-state index in [0.717, 1.165) is 28.4 Å². The molecule has 0 saturated carbocycles. The van der Waals surface area contributed by atoms with Gasteiger partial charge in [-0.15, -0.1) is 11.3 Å². The summed E-state index contributed by atoms with van der Waals surface area (Å²) in [6, 6.07) is 5.87. The summed E-state index contributed by atoms with van der Waals surface area (Å²) < 4.78 is 5.58. The van der Waals surface area contributed by atoms with Crippen LogP contribution in [0.2, 0.25) is 0 Å². The molecule has 0 radical (unpaired) electrons. The van der Waals surface area contributed by atoms with Crippen molar-refractivity contribution in [3.05, 3.63) is 28.6 Å². The number of nitrogens with zero attached hydrogens (tertiary/aromatic N) is 1. The average molecular weight is 276 g/mol. The second-order valence-electron chi connectivity index (χ2n) is 4.83. The molecule has 0 spiro atoms. The molecule has 0 atom stereocenters. The normalized spacial score (nSPS) is 10.9. The Morgan fingerprint density at radius 2 is 2.16 bits per heavy atom. The third-order valence-electron chi connectivity index (χ3n) is 2.78. The van der Waals surface area contributed by atoms with Crippen LogP contribution in [-0.2, 0) is 0 Å². The summed E-state index contributed by atoms with van der Waals surface area (Å²) in [5, 5.41) is 3.23. The Balaban J connectivity index is 2.23. The van der Waals surface area contributed by atoms with Gasteiger partial charge < -0.3 is 10.5 Å². The maximum absolute atomic E-state index is 6.02. The Hall–Kier alpha value is -1.55. The first-order valence-corrected chi connectivity index (χ1v) is 7.48. The lowest BCUT2D eigenvalue weighted by atomic mass is 10.1. The van der Waals surface area contributed by atoms with Crippen molar-refractivity contribution in [1.82, 2.24) is 4.98 Å². The lowest BCUT2D eigenvalue weighted by molar-refractivity contribution is 0.319. The van der Waals surface area contributed by atoms with E-state index < -0.39 is 0 Å². The average Bonchev–Trinajstić information content (AvgIpc) is 2.87. The number of hydrogen-bond acceptors (Lipinski definition) is 4. The van der Waals surface area contributed by atoms with Gasteiger partial charge in [0.2, 0.25) is 0 Å². The van der Waals surface area contributed by atoms with Gasteiger partial charge in [-0.05, 0) is 24.6 Å². The largest absolute Gasteiger partial charge is 0.491 e. The molecule has 2 N–H and O–H groups in total. The fourth-order valence-corrected chi connectivity index (χ4v) is 2.58. The summed E-state index contributed by atoms with van der Waals surface area (Å²) in [4.78, 5) is 4.64. The molecular weight excluding hydrogens is 256 g/mol. The van der Waals surface area contributed by atoms with Gasteiger partial charge in [-0.2, -0.15) is 0 Å². The van der Waals surface area contributed by atoms with E-state index in [1.807, 2.05) is 18.2 Å². The zero-order valence-corrected chi connectivity index (χ0v) is 12.5. The van der Waals surface area contributed by atoms with Gasteiger partial charge in [0.05, 0.1) is 23.0 Å². The minimum atomic E-state index is 0.461. The predicted molar refractivity (Wildman–Crippen MR) is 81.8 cm³/mol. The molecule has 0 aliphatic carbocycles. The first-order valence-electron chi connectivity index (χ1n) is 6.60. The van der Waals surface area contributed by atoms with E-state index in [1.165, 1.54) is 0 Å². The van der Waals surface area contributed by atoms with E-state index in [0.29, 0.717) is 18.2 Å². The number of benzene rings is 1. The van der Waals surface area contributed by atoms with Gasteiger partial charge in [0.15, 0.2) is 0 Å². The maximum Gasteiger partial charge on any atom is 0.142 e. The van der Waals surface area contributed by atoms with Crippen LogP contribution < -0.4 is 10.5 Å². The van der Waals surface area contributed by atoms with Crippen molar-refractivity contribution < 1.29 is 4.74 Å². The van der Waals surface area contributed by atoms with Crippen molar-refractivity contribution in [2.45, 2.75) is 33.1 Å². The highest BCUT2D eigenvalue weighted by Gasteiger charge is 2.09. The summed E-state index contributed by atoms with van der Waals surface area (Å²) in [5.41, 5.74) is 8.72. The van der Waals surface area contributed by atoms with E-state index in [4.69, 9.17) is 10.5 Å². The Morgan fingerprint density at radius 3 is 2.74 bits per heavy atom. The highest BCUT2D eigenvalue weighted by molar-refractivity contribution is 7.10. The van der Waals surface area contributed by atoms with Crippen molar-refractivity contribution in [2.75, 3.05) is 12.3 Å². The van der Waals surface area contributed by atoms with E-state index in [-0.39, 0.29) is 0 Å². The van der Waals surface area contributed by atoms with Crippen LogP contribution in [-0.4, -0.2) is 11.6 Å². The van der Waals surface area contributed by atoms with E-state index in [2.05, 4.69) is 31.1 Å². The fourth-order valence-electron chi connectivity index (χ4n) is 1.74. The second-order valence-corrected chi connectivity index (χ2v) is 5.72. The van der Waals surface area contributed by atoms with Gasteiger partial charge in [0.25, 0.3) is 0 Å². The molecule has 0 amide bonds.